The first-order valence-electron chi connectivity index (χ1n) is 33.0. The summed E-state index contributed by atoms with van der Waals surface area (Å²) in [6.45, 7) is 14.7. The molecule has 0 radical (unpaired) electrons. The molecule has 14 rings (SSSR count). The van der Waals surface area contributed by atoms with Crippen molar-refractivity contribution in [2.24, 2.45) is 0 Å². The molecule has 5 aromatic carbocycles. The largest absolute Gasteiger partial charge is 0.444 e. The molecule has 11 N–H and O–H groups in total. The van der Waals surface area contributed by atoms with Gasteiger partial charge in [0.1, 0.15) is 64.7 Å². The lowest BCUT2D eigenvalue weighted by Crippen LogP contribution is -2.35. The third-order valence-electron chi connectivity index (χ3n) is 17.2. The molecular formula is C71H73F6N21O6. The molecule has 11 aromatic rings. The smallest absolute Gasteiger partial charge is 0.416 e. The number of amides is 4. The number of aromatic nitrogens is 12. The minimum Gasteiger partial charge on any atom is -0.444 e. The van der Waals surface area contributed by atoms with Crippen LogP contribution in [0.3, 0.4) is 0 Å². The highest BCUT2D eigenvalue weighted by atomic mass is 19.4. The highest BCUT2D eigenvalue weighted by molar-refractivity contribution is 6.06. The topological polar surface area (TPSA) is 364 Å². The standard InChI is InChI=1S/C28H28F3N7O3.C23H20F3N7O.C20H25N7O2/c1-27(2,3)41-26(40)37-12-11-20(14-37)38-24-21(23(32)33-15-34-24)22(36-38)16-7-9-19(10-8-16)35-25(39)17-5-4-6-18(13-17)28(29,30)31;24-23(25,26)15-3-1-2-14(10-15)22(34)31-16-6-4-13(5-7-16)19-18-20(27)29-12-30-21(18)33(32-19)17-8-9-28-11-17;1-20(2,3)29-19(28)26-9-8-14(10-26)27-18-15(17(22)23-11-24-18)16(25-27)12-4-6-13(21)7-5-12/h4-10,13,15,20H,11-12,14H2,1-3H3,(H,35,39)(H2,32,33,34);1-7,10,12,17,28H,8-9,11H2,(H,31,34)(H2,27,29,30);4-7,11,14H,8-10,21H2,1-3H3,(H2,22,23,24)/t20-;17-;14-/m111/s1. The molecule has 0 spiro atoms. The highest BCUT2D eigenvalue weighted by Gasteiger charge is 2.37. The van der Waals surface area contributed by atoms with E-state index in [1.807, 2.05) is 75.2 Å². The van der Waals surface area contributed by atoms with Crippen LogP contribution in [0.5, 0.6) is 0 Å². The molecule has 3 saturated heterocycles. The summed E-state index contributed by atoms with van der Waals surface area (Å²) < 4.78 is 94.4. The van der Waals surface area contributed by atoms with Crippen LogP contribution in [0.4, 0.5) is 70.4 Å². The quantitative estimate of drug-likeness (QED) is 0.0494. The van der Waals surface area contributed by atoms with Gasteiger partial charge < -0.3 is 58.2 Å². The number of halogens is 6. The monoisotopic (exact) mass is 1430 g/mol. The third kappa shape index (κ3) is 16.0. The molecule has 3 aliphatic rings. The average Bonchev–Trinajstić information content (AvgIpc) is 1.62. The lowest BCUT2D eigenvalue weighted by molar-refractivity contribution is -0.138. The Morgan fingerprint density at radius 1 is 0.471 bits per heavy atom. The van der Waals surface area contributed by atoms with Crippen LogP contribution in [0.25, 0.3) is 66.9 Å². The second-order valence-corrected chi connectivity index (χ2v) is 27.0. The van der Waals surface area contributed by atoms with E-state index in [-0.39, 0.29) is 41.2 Å². The Morgan fingerprint density at radius 3 is 1.16 bits per heavy atom. The molecule has 0 aliphatic carbocycles. The summed E-state index contributed by atoms with van der Waals surface area (Å²) in [5, 5.41) is 24.8. The molecule has 0 unspecified atom stereocenters. The van der Waals surface area contributed by atoms with Crippen LogP contribution in [0.2, 0.25) is 0 Å². The second-order valence-electron chi connectivity index (χ2n) is 27.0. The van der Waals surface area contributed by atoms with Crippen molar-refractivity contribution in [2.75, 3.05) is 72.8 Å². The zero-order valence-electron chi connectivity index (χ0n) is 57.2. The van der Waals surface area contributed by atoms with E-state index in [2.05, 4.69) is 45.9 Å². The number of hydrogen-bond acceptors (Lipinski definition) is 20. The number of nitrogens with zero attached hydrogens (tertiary/aromatic N) is 14. The Bertz CT molecular complexity index is 5010. The van der Waals surface area contributed by atoms with Gasteiger partial charge in [0.25, 0.3) is 11.8 Å². The van der Waals surface area contributed by atoms with Gasteiger partial charge in [-0.05, 0) is 140 Å². The van der Waals surface area contributed by atoms with Crippen LogP contribution in [-0.2, 0) is 21.8 Å². The van der Waals surface area contributed by atoms with Crippen molar-refractivity contribution >= 4 is 91.6 Å². The Balaban J connectivity index is 0.000000149. The number of hydrogen-bond donors (Lipinski definition) is 7. The fourth-order valence-corrected chi connectivity index (χ4v) is 12.2. The van der Waals surface area contributed by atoms with Gasteiger partial charge in [-0.25, -0.2) is 53.5 Å². The van der Waals surface area contributed by atoms with E-state index >= 15 is 0 Å². The summed E-state index contributed by atoms with van der Waals surface area (Å²) in [6, 6.07) is 29.4. The number of ether oxygens (including phenoxy) is 2. The lowest BCUT2D eigenvalue weighted by Gasteiger charge is -2.24. The second kappa shape index (κ2) is 28.8. The van der Waals surface area contributed by atoms with E-state index in [0.29, 0.717) is 117 Å². The molecule has 27 nitrogen and oxygen atoms in total. The van der Waals surface area contributed by atoms with Gasteiger partial charge in [0.2, 0.25) is 0 Å². The normalized spacial score (nSPS) is 16.2. The van der Waals surface area contributed by atoms with Crippen molar-refractivity contribution in [2.45, 2.75) is 102 Å². The van der Waals surface area contributed by atoms with Crippen molar-refractivity contribution < 1.29 is 55.0 Å². The first-order chi connectivity index (χ1) is 49.3. The lowest BCUT2D eigenvalue weighted by atomic mass is 10.1. The third-order valence-corrected chi connectivity index (χ3v) is 17.2. The molecule has 3 aliphatic heterocycles. The molecule has 6 aromatic heterocycles. The van der Waals surface area contributed by atoms with Crippen molar-refractivity contribution in [3.8, 4) is 33.8 Å². The fourth-order valence-electron chi connectivity index (χ4n) is 12.2. The number of alkyl halides is 6. The van der Waals surface area contributed by atoms with Crippen molar-refractivity contribution in [1.82, 2.24) is 74.4 Å². The summed E-state index contributed by atoms with van der Waals surface area (Å²) in [5.74, 6) is -0.388. The summed E-state index contributed by atoms with van der Waals surface area (Å²) in [6.07, 6.45) is -3.28. The fraction of sp³-hybridized carbons (Fsp3) is 0.310. The number of carbonyl (C=O) groups excluding carboxylic acids is 4. The van der Waals surface area contributed by atoms with E-state index in [4.69, 9.17) is 47.7 Å². The maximum atomic E-state index is 13.0. The van der Waals surface area contributed by atoms with Crippen molar-refractivity contribution in [3.63, 3.8) is 0 Å². The summed E-state index contributed by atoms with van der Waals surface area (Å²) in [7, 11) is 0. The molecule has 4 amide bonds. The minimum absolute atomic E-state index is 0.0261. The van der Waals surface area contributed by atoms with Gasteiger partial charge >= 0.3 is 24.5 Å². The molecule has 0 saturated carbocycles. The number of nitrogens with one attached hydrogen (secondary N) is 3. The van der Waals surface area contributed by atoms with Gasteiger partial charge in [-0.15, -0.1) is 0 Å². The Morgan fingerprint density at radius 2 is 0.827 bits per heavy atom. The van der Waals surface area contributed by atoms with Crippen LogP contribution in [0.1, 0.15) is 111 Å². The molecule has 104 heavy (non-hydrogen) atoms. The number of nitrogens with two attached hydrogens (primary N) is 4. The predicted molar refractivity (Wildman–Crippen MR) is 378 cm³/mol. The number of rotatable bonds is 10. The number of carbonyl (C=O) groups is 4. The molecular weight excluding hydrogens is 1360 g/mol. The molecule has 540 valence electrons. The molecule has 33 heteroatoms. The maximum Gasteiger partial charge on any atom is 0.416 e. The number of fused-ring (bicyclic) bond motifs is 3. The zero-order valence-corrected chi connectivity index (χ0v) is 57.2. The van der Waals surface area contributed by atoms with Crippen LogP contribution >= 0.6 is 0 Å². The van der Waals surface area contributed by atoms with Crippen molar-refractivity contribution in [1.29, 1.82) is 0 Å². The van der Waals surface area contributed by atoms with E-state index in [0.717, 1.165) is 61.3 Å². The van der Waals surface area contributed by atoms with Gasteiger partial charge in [0, 0.05) is 77.6 Å². The Kier molecular flexibility index (Phi) is 19.9. The molecule has 9 heterocycles. The summed E-state index contributed by atoms with van der Waals surface area (Å²) in [5.41, 5.74) is 28.7. The predicted octanol–water partition coefficient (Wildman–Crippen LogP) is 12.2. The number of nitrogen functional groups attached to an aromatic ring is 4. The highest BCUT2D eigenvalue weighted by Crippen LogP contribution is 2.39. The van der Waals surface area contributed by atoms with Gasteiger partial charge in [-0.2, -0.15) is 41.6 Å². The summed E-state index contributed by atoms with van der Waals surface area (Å²) >= 11 is 0. The van der Waals surface area contributed by atoms with Crippen LogP contribution in [0, 0.1) is 0 Å². The van der Waals surface area contributed by atoms with Crippen LogP contribution < -0.4 is 38.9 Å². The molecule has 3 atom stereocenters. The van der Waals surface area contributed by atoms with E-state index in [1.54, 1.807) is 63.0 Å². The van der Waals surface area contributed by atoms with Gasteiger partial charge in [-0.3, -0.25) is 9.59 Å². The number of likely N-dealkylation sites (tertiary alicyclic amines) is 2. The van der Waals surface area contributed by atoms with E-state index in [1.165, 1.54) is 43.2 Å². The Hall–Kier alpha value is -12.0. The maximum absolute atomic E-state index is 13.0. The first-order valence-corrected chi connectivity index (χ1v) is 33.0. The zero-order chi connectivity index (χ0) is 74.2. The molecule has 3 fully saturated rings. The van der Waals surface area contributed by atoms with E-state index < -0.39 is 52.6 Å². The van der Waals surface area contributed by atoms with E-state index in [9.17, 15) is 45.5 Å². The van der Waals surface area contributed by atoms with Crippen LogP contribution in [0.15, 0.2) is 140 Å². The van der Waals surface area contributed by atoms with Crippen LogP contribution in [-0.4, -0.2) is 144 Å². The molecule has 0 bridgehead atoms. The minimum atomic E-state index is -4.55. The average molecular weight is 1430 g/mol. The van der Waals surface area contributed by atoms with Crippen molar-refractivity contribution in [3.05, 3.63) is 163 Å². The van der Waals surface area contributed by atoms with Gasteiger partial charge in [0.05, 0.1) is 45.4 Å². The number of anilines is 6. The first kappa shape index (κ1) is 71.8. The van der Waals surface area contributed by atoms with Gasteiger partial charge in [0.15, 0.2) is 16.9 Å². The summed E-state index contributed by atoms with van der Waals surface area (Å²) in [4.78, 5) is 79.1. The SMILES string of the molecule is CC(C)(C)OC(=O)N1CC[C@@H](n2nc(-c3ccc(N)cc3)c3c(N)ncnc32)C1.CC(C)(C)OC(=O)N1CC[C@@H](n2nc(-c3ccc(NC(=O)c4cccc(C(F)(F)F)c4)cc3)c3c(N)ncnc32)C1.Nc1ncnc2c1c(-c1ccc(NC(=O)c3cccc(C(F)(F)F)c3)cc1)nn2[C@@H]1CCNC1. The number of benzene rings is 5. The van der Waals surface area contributed by atoms with Gasteiger partial charge in [-0.1, -0.05) is 48.5 Å². The Labute approximate surface area is 590 Å².